The maximum absolute atomic E-state index is 12.5. The van der Waals surface area contributed by atoms with Crippen molar-refractivity contribution in [1.82, 2.24) is 15.3 Å². The molecule has 7 nitrogen and oxygen atoms in total. The summed E-state index contributed by atoms with van der Waals surface area (Å²) in [6.07, 6.45) is 4.18. The van der Waals surface area contributed by atoms with Gasteiger partial charge in [0.15, 0.2) is 0 Å². The summed E-state index contributed by atoms with van der Waals surface area (Å²) in [6, 6.07) is 22.3. The molecule has 1 aliphatic carbocycles. The molecule has 1 aromatic heterocycles. The van der Waals surface area contributed by atoms with Crippen LogP contribution >= 0.6 is 0 Å². The van der Waals surface area contributed by atoms with Crippen molar-refractivity contribution in [2.24, 2.45) is 5.92 Å². The Morgan fingerprint density at radius 1 is 0.886 bits per heavy atom. The standard InChI is InChI=1S/C28H32N6O/c1-34(2)26-23-11-5-6-12-25(23)31-27(33-26)30-21-16-14-19(15-17-21)18-29-28(35)32-24-13-7-9-20-8-3-4-10-22(20)24/h3-13,19,21H,14-18H2,1-2H3,(H2,29,32,35)(H,30,31,33). The Hall–Kier alpha value is -3.87. The Labute approximate surface area is 206 Å². The Kier molecular flexibility index (Phi) is 6.66. The number of carbonyl (C=O) groups excluding carboxylic acids is 1. The lowest BCUT2D eigenvalue weighted by molar-refractivity contribution is 0.246. The molecule has 5 rings (SSSR count). The van der Waals surface area contributed by atoms with Crippen molar-refractivity contribution in [3.05, 3.63) is 66.7 Å². The number of hydrogen-bond acceptors (Lipinski definition) is 5. The van der Waals surface area contributed by atoms with Crippen molar-refractivity contribution < 1.29 is 4.79 Å². The summed E-state index contributed by atoms with van der Waals surface area (Å²) < 4.78 is 0. The molecular formula is C28H32N6O. The normalized spacial score (nSPS) is 17.8. The molecule has 3 aromatic carbocycles. The summed E-state index contributed by atoms with van der Waals surface area (Å²) in [5.74, 6) is 2.08. The van der Waals surface area contributed by atoms with E-state index in [1.807, 2.05) is 67.5 Å². The monoisotopic (exact) mass is 468 g/mol. The van der Waals surface area contributed by atoms with E-state index in [9.17, 15) is 4.79 Å². The number of urea groups is 1. The molecule has 3 N–H and O–H groups in total. The molecule has 0 spiro atoms. The predicted molar refractivity (Wildman–Crippen MR) is 144 cm³/mol. The third-order valence-corrected chi connectivity index (χ3v) is 6.78. The van der Waals surface area contributed by atoms with Crippen molar-refractivity contribution in [2.75, 3.05) is 36.2 Å². The molecule has 180 valence electrons. The largest absolute Gasteiger partial charge is 0.362 e. The first-order chi connectivity index (χ1) is 17.1. The van der Waals surface area contributed by atoms with Crippen LogP contribution in [0, 0.1) is 5.92 Å². The van der Waals surface area contributed by atoms with Gasteiger partial charge in [-0.1, -0.05) is 48.5 Å². The third-order valence-electron chi connectivity index (χ3n) is 6.78. The molecule has 35 heavy (non-hydrogen) atoms. The molecule has 1 saturated carbocycles. The second kappa shape index (κ2) is 10.2. The maximum Gasteiger partial charge on any atom is 0.319 e. The first kappa shape index (κ1) is 22.9. The highest BCUT2D eigenvalue weighted by Gasteiger charge is 2.23. The van der Waals surface area contributed by atoms with Gasteiger partial charge in [-0.05, 0) is 55.2 Å². The first-order valence-electron chi connectivity index (χ1n) is 12.3. The highest BCUT2D eigenvalue weighted by molar-refractivity contribution is 6.01. The van der Waals surface area contributed by atoms with Gasteiger partial charge in [0.05, 0.1) is 11.2 Å². The van der Waals surface area contributed by atoms with E-state index in [-0.39, 0.29) is 6.03 Å². The number of nitrogens with one attached hydrogen (secondary N) is 3. The number of amides is 2. The zero-order valence-corrected chi connectivity index (χ0v) is 20.3. The lowest BCUT2D eigenvalue weighted by Gasteiger charge is -2.29. The van der Waals surface area contributed by atoms with Crippen molar-refractivity contribution in [2.45, 2.75) is 31.7 Å². The van der Waals surface area contributed by atoms with Gasteiger partial charge in [-0.2, -0.15) is 4.98 Å². The molecule has 0 radical (unpaired) electrons. The molecular weight excluding hydrogens is 436 g/mol. The molecule has 0 atom stereocenters. The number of anilines is 3. The van der Waals surface area contributed by atoms with Gasteiger partial charge < -0.3 is 20.9 Å². The van der Waals surface area contributed by atoms with Gasteiger partial charge in [-0.25, -0.2) is 9.78 Å². The summed E-state index contributed by atoms with van der Waals surface area (Å²) in [6.45, 7) is 0.681. The minimum absolute atomic E-state index is 0.151. The second-order valence-electron chi connectivity index (χ2n) is 9.51. The fourth-order valence-electron chi connectivity index (χ4n) is 4.90. The Morgan fingerprint density at radius 2 is 1.60 bits per heavy atom. The van der Waals surface area contributed by atoms with Gasteiger partial charge in [0.1, 0.15) is 5.82 Å². The smallest absolute Gasteiger partial charge is 0.319 e. The highest BCUT2D eigenvalue weighted by Crippen LogP contribution is 2.28. The van der Waals surface area contributed by atoms with E-state index in [1.165, 1.54) is 0 Å². The van der Waals surface area contributed by atoms with Gasteiger partial charge in [-0.15, -0.1) is 0 Å². The van der Waals surface area contributed by atoms with Crippen LogP contribution < -0.4 is 20.9 Å². The fourth-order valence-corrected chi connectivity index (χ4v) is 4.90. The van der Waals surface area contributed by atoms with Crippen molar-refractivity contribution in [1.29, 1.82) is 0 Å². The summed E-state index contributed by atoms with van der Waals surface area (Å²) >= 11 is 0. The molecule has 1 fully saturated rings. The Bertz CT molecular complexity index is 1320. The number of aromatic nitrogens is 2. The Balaban J connectivity index is 1.13. The highest BCUT2D eigenvalue weighted by atomic mass is 16.2. The zero-order chi connectivity index (χ0) is 24.2. The van der Waals surface area contributed by atoms with Crippen LogP contribution in [-0.4, -0.2) is 42.7 Å². The summed E-state index contributed by atoms with van der Waals surface area (Å²) in [5, 5.41) is 12.9. The van der Waals surface area contributed by atoms with Gasteiger partial charge in [0.2, 0.25) is 5.95 Å². The number of benzene rings is 3. The van der Waals surface area contributed by atoms with Crippen molar-refractivity contribution >= 4 is 45.2 Å². The van der Waals surface area contributed by atoms with Crippen molar-refractivity contribution in [3.8, 4) is 0 Å². The van der Waals surface area contributed by atoms with Gasteiger partial charge in [-0.3, -0.25) is 0 Å². The lowest BCUT2D eigenvalue weighted by atomic mass is 9.86. The van der Waals surface area contributed by atoms with Crippen LogP contribution in [0.1, 0.15) is 25.7 Å². The molecule has 2 amide bonds. The van der Waals surface area contributed by atoms with Gasteiger partial charge in [0, 0.05) is 37.5 Å². The molecule has 0 unspecified atom stereocenters. The first-order valence-corrected chi connectivity index (χ1v) is 12.3. The maximum atomic E-state index is 12.5. The summed E-state index contributed by atoms with van der Waals surface area (Å²) in [4.78, 5) is 24.1. The molecule has 1 heterocycles. The topological polar surface area (TPSA) is 82.2 Å². The second-order valence-corrected chi connectivity index (χ2v) is 9.51. The van der Waals surface area contributed by atoms with Gasteiger partial charge in [0.25, 0.3) is 0 Å². The van der Waals surface area contributed by atoms with E-state index in [4.69, 9.17) is 9.97 Å². The van der Waals surface area contributed by atoms with Crippen LogP contribution in [0.5, 0.6) is 0 Å². The molecule has 0 bridgehead atoms. The van der Waals surface area contributed by atoms with E-state index in [2.05, 4.69) is 34.1 Å². The molecule has 0 aliphatic heterocycles. The summed E-state index contributed by atoms with van der Waals surface area (Å²) in [5.41, 5.74) is 1.78. The van der Waals surface area contributed by atoms with Gasteiger partial charge >= 0.3 is 6.03 Å². The van der Waals surface area contributed by atoms with Crippen LogP contribution in [0.15, 0.2) is 66.7 Å². The number of hydrogen-bond donors (Lipinski definition) is 3. The fraction of sp³-hybridized carbons (Fsp3) is 0.321. The van der Waals surface area contributed by atoms with Crippen LogP contribution in [-0.2, 0) is 0 Å². The number of nitrogens with zero attached hydrogens (tertiary/aromatic N) is 3. The van der Waals surface area contributed by atoms with Crippen LogP contribution in [0.2, 0.25) is 0 Å². The molecule has 1 aliphatic rings. The van der Waals surface area contributed by atoms with E-state index < -0.39 is 0 Å². The zero-order valence-electron chi connectivity index (χ0n) is 20.3. The molecule has 4 aromatic rings. The Morgan fingerprint density at radius 3 is 2.40 bits per heavy atom. The van der Waals surface area contributed by atoms with E-state index in [1.54, 1.807) is 0 Å². The predicted octanol–water partition coefficient (Wildman–Crippen LogP) is 5.64. The number of para-hydroxylation sites is 1. The number of rotatable bonds is 6. The van der Waals surface area contributed by atoms with Crippen molar-refractivity contribution in [3.63, 3.8) is 0 Å². The minimum atomic E-state index is -0.151. The van der Waals surface area contributed by atoms with E-state index in [0.717, 1.165) is 58.9 Å². The molecule has 7 heteroatoms. The summed E-state index contributed by atoms with van der Waals surface area (Å²) in [7, 11) is 4.01. The SMILES string of the molecule is CN(C)c1nc(NC2CCC(CNC(=O)Nc3cccc4ccccc34)CC2)nc2ccccc12. The van der Waals surface area contributed by atoms with E-state index >= 15 is 0 Å². The van der Waals surface area contributed by atoms with Crippen LogP contribution in [0.25, 0.3) is 21.7 Å². The quantitative estimate of drug-likeness (QED) is 0.341. The minimum Gasteiger partial charge on any atom is -0.362 e. The number of carbonyl (C=O) groups is 1. The number of fused-ring (bicyclic) bond motifs is 2. The molecule has 0 saturated heterocycles. The van der Waals surface area contributed by atoms with E-state index in [0.29, 0.717) is 24.5 Å². The third kappa shape index (κ3) is 5.29. The lowest BCUT2D eigenvalue weighted by Crippen LogP contribution is -2.36. The van der Waals surface area contributed by atoms with Crippen LogP contribution in [0.3, 0.4) is 0 Å². The van der Waals surface area contributed by atoms with Crippen LogP contribution in [0.4, 0.5) is 22.2 Å². The average Bonchev–Trinajstić information content (AvgIpc) is 2.88. The average molecular weight is 469 g/mol.